The largest absolute Gasteiger partial charge is 0.498 e. The SMILES string of the molecule is CC1(C)OB(c2cnn(-c3nc(N)cs3)c2)OC1(C)C. The number of nitrogens with two attached hydrogens (primary N) is 1. The van der Waals surface area contributed by atoms with Crippen LogP contribution in [0, 0.1) is 0 Å². The van der Waals surface area contributed by atoms with Gasteiger partial charge in [0.15, 0.2) is 0 Å². The monoisotopic (exact) mass is 292 g/mol. The van der Waals surface area contributed by atoms with E-state index in [2.05, 4.69) is 10.1 Å². The van der Waals surface area contributed by atoms with Crippen molar-refractivity contribution in [2.24, 2.45) is 0 Å². The Kier molecular flexibility index (Phi) is 2.93. The third-order valence-corrected chi connectivity index (χ3v) is 4.68. The van der Waals surface area contributed by atoms with Crippen molar-refractivity contribution in [1.82, 2.24) is 14.8 Å². The molecule has 3 rings (SSSR count). The van der Waals surface area contributed by atoms with E-state index >= 15 is 0 Å². The maximum atomic E-state index is 5.99. The summed E-state index contributed by atoms with van der Waals surface area (Å²) in [6.07, 6.45) is 3.60. The summed E-state index contributed by atoms with van der Waals surface area (Å²) >= 11 is 1.44. The molecule has 8 heteroatoms. The summed E-state index contributed by atoms with van der Waals surface area (Å²) in [6.45, 7) is 8.11. The van der Waals surface area contributed by atoms with Crippen molar-refractivity contribution < 1.29 is 9.31 Å². The van der Waals surface area contributed by atoms with Gasteiger partial charge in [0.05, 0.1) is 11.2 Å². The number of aromatic nitrogens is 3. The molecule has 0 radical (unpaired) electrons. The van der Waals surface area contributed by atoms with Gasteiger partial charge in [-0.3, -0.25) is 0 Å². The summed E-state index contributed by atoms with van der Waals surface area (Å²) in [5.74, 6) is 0.498. The number of nitrogen functional groups attached to an aromatic ring is 1. The fourth-order valence-electron chi connectivity index (χ4n) is 1.92. The van der Waals surface area contributed by atoms with Crippen LogP contribution in [0.25, 0.3) is 5.13 Å². The molecule has 6 nitrogen and oxygen atoms in total. The Morgan fingerprint density at radius 1 is 1.25 bits per heavy atom. The summed E-state index contributed by atoms with van der Waals surface area (Å²) < 4.78 is 13.7. The van der Waals surface area contributed by atoms with Gasteiger partial charge < -0.3 is 15.0 Å². The first-order valence-corrected chi connectivity index (χ1v) is 7.28. The zero-order valence-corrected chi connectivity index (χ0v) is 12.8. The highest BCUT2D eigenvalue weighted by Gasteiger charge is 2.52. The summed E-state index contributed by atoms with van der Waals surface area (Å²) in [5.41, 5.74) is 5.79. The molecule has 106 valence electrons. The van der Waals surface area contributed by atoms with Crippen LogP contribution in [-0.4, -0.2) is 33.1 Å². The summed E-state index contributed by atoms with van der Waals surface area (Å²) in [6, 6.07) is 0. The molecule has 1 fully saturated rings. The van der Waals surface area contributed by atoms with E-state index in [4.69, 9.17) is 15.0 Å². The first-order chi connectivity index (χ1) is 9.28. The second-order valence-corrected chi connectivity index (χ2v) is 6.70. The Labute approximate surface area is 122 Å². The van der Waals surface area contributed by atoms with Crippen LogP contribution < -0.4 is 11.2 Å². The van der Waals surface area contributed by atoms with E-state index in [1.165, 1.54) is 11.3 Å². The number of hydrogen-bond acceptors (Lipinski definition) is 6. The van der Waals surface area contributed by atoms with Gasteiger partial charge >= 0.3 is 7.12 Å². The molecular weight excluding hydrogens is 275 g/mol. The standard InChI is InChI=1S/C12H17BN4O2S/c1-11(2)12(3,4)19-13(18-11)8-5-15-17(6-8)10-16-9(14)7-20-10/h5-7H,14H2,1-4H3. The molecule has 1 aliphatic rings. The topological polar surface area (TPSA) is 75.2 Å². The average molecular weight is 292 g/mol. The van der Waals surface area contributed by atoms with Gasteiger partial charge in [0.2, 0.25) is 5.13 Å². The maximum Gasteiger partial charge on any atom is 0.498 e. The normalized spacial score (nSPS) is 20.5. The lowest BCUT2D eigenvalue weighted by Gasteiger charge is -2.32. The second kappa shape index (κ2) is 4.31. The fraction of sp³-hybridized carbons (Fsp3) is 0.500. The van der Waals surface area contributed by atoms with Crippen molar-refractivity contribution in [2.75, 3.05) is 5.73 Å². The Morgan fingerprint density at radius 2 is 1.90 bits per heavy atom. The van der Waals surface area contributed by atoms with Crippen molar-refractivity contribution >= 4 is 29.7 Å². The van der Waals surface area contributed by atoms with Crippen LogP contribution in [0.3, 0.4) is 0 Å². The molecule has 0 aliphatic carbocycles. The molecule has 0 bridgehead atoms. The lowest BCUT2D eigenvalue weighted by atomic mass is 9.82. The number of rotatable bonds is 2. The molecule has 0 saturated carbocycles. The molecule has 1 saturated heterocycles. The van der Waals surface area contributed by atoms with Gasteiger partial charge in [-0.15, -0.1) is 11.3 Å². The average Bonchev–Trinajstić information content (AvgIpc) is 2.98. The molecule has 2 N–H and O–H groups in total. The molecule has 0 aromatic carbocycles. The molecule has 0 spiro atoms. The third-order valence-electron chi connectivity index (χ3n) is 3.83. The molecule has 0 amide bonds. The van der Waals surface area contributed by atoms with E-state index in [0.29, 0.717) is 5.82 Å². The van der Waals surface area contributed by atoms with Gasteiger partial charge in [-0.25, -0.2) is 9.67 Å². The molecule has 2 aromatic heterocycles. The number of nitrogens with zero attached hydrogens (tertiary/aromatic N) is 3. The highest BCUT2D eigenvalue weighted by molar-refractivity contribution is 7.12. The van der Waals surface area contributed by atoms with E-state index < -0.39 is 7.12 Å². The van der Waals surface area contributed by atoms with Crippen molar-refractivity contribution in [3.8, 4) is 5.13 Å². The van der Waals surface area contributed by atoms with Gasteiger partial charge in [-0.05, 0) is 27.7 Å². The van der Waals surface area contributed by atoms with E-state index in [9.17, 15) is 0 Å². The summed E-state index contributed by atoms with van der Waals surface area (Å²) in [5, 5.41) is 6.80. The second-order valence-electron chi connectivity index (χ2n) is 5.86. The van der Waals surface area contributed by atoms with E-state index in [1.54, 1.807) is 16.3 Å². The number of anilines is 1. The maximum absolute atomic E-state index is 5.99. The first-order valence-electron chi connectivity index (χ1n) is 6.40. The molecular formula is C12H17BN4O2S. The van der Waals surface area contributed by atoms with Crippen LogP contribution in [-0.2, 0) is 9.31 Å². The Morgan fingerprint density at radius 3 is 2.45 bits per heavy atom. The Bertz CT molecular complexity index is 621. The zero-order valence-electron chi connectivity index (χ0n) is 12.0. The van der Waals surface area contributed by atoms with E-state index in [1.807, 2.05) is 33.9 Å². The quantitative estimate of drug-likeness (QED) is 0.842. The Hall–Kier alpha value is -1.38. The van der Waals surface area contributed by atoms with Gasteiger partial charge in [-0.1, -0.05) is 0 Å². The van der Waals surface area contributed by atoms with Gasteiger partial charge in [0.25, 0.3) is 0 Å². The lowest BCUT2D eigenvalue weighted by molar-refractivity contribution is 0.00578. The van der Waals surface area contributed by atoms with Gasteiger partial charge in [-0.2, -0.15) is 5.10 Å². The molecule has 2 aromatic rings. The molecule has 20 heavy (non-hydrogen) atoms. The summed E-state index contributed by atoms with van der Waals surface area (Å²) in [4.78, 5) is 4.19. The van der Waals surface area contributed by atoms with Crippen LogP contribution in [0.1, 0.15) is 27.7 Å². The van der Waals surface area contributed by atoms with Crippen LogP contribution in [0.5, 0.6) is 0 Å². The highest BCUT2D eigenvalue weighted by atomic mass is 32.1. The van der Waals surface area contributed by atoms with Crippen molar-refractivity contribution in [3.63, 3.8) is 0 Å². The molecule has 0 unspecified atom stereocenters. The minimum Gasteiger partial charge on any atom is -0.399 e. The van der Waals surface area contributed by atoms with Crippen LogP contribution in [0.4, 0.5) is 5.82 Å². The fourth-order valence-corrected chi connectivity index (χ4v) is 2.57. The van der Waals surface area contributed by atoms with Crippen LogP contribution in [0.15, 0.2) is 17.8 Å². The molecule has 3 heterocycles. The Balaban J connectivity index is 1.85. The third kappa shape index (κ3) is 2.13. The molecule has 1 aliphatic heterocycles. The summed E-state index contributed by atoms with van der Waals surface area (Å²) in [7, 11) is -0.411. The van der Waals surface area contributed by atoms with Crippen molar-refractivity contribution in [2.45, 2.75) is 38.9 Å². The lowest BCUT2D eigenvalue weighted by Crippen LogP contribution is -2.41. The van der Waals surface area contributed by atoms with Crippen LogP contribution >= 0.6 is 11.3 Å². The van der Waals surface area contributed by atoms with E-state index in [-0.39, 0.29) is 11.2 Å². The first kappa shape index (κ1) is 13.6. The number of thiazole rings is 1. The van der Waals surface area contributed by atoms with Crippen LogP contribution in [0.2, 0.25) is 0 Å². The molecule has 0 atom stereocenters. The van der Waals surface area contributed by atoms with E-state index in [0.717, 1.165) is 10.6 Å². The predicted octanol–water partition coefficient (Wildman–Crippen LogP) is 1.21. The van der Waals surface area contributed by atoms with Crippen molar-refractivity contribution in [3.05, 3.63) is 17.8 Å². The number of hydrogen-bond donors (Lipinski definition) is 1. The van der Waals surface area contributed by atoms with Crippen molar-refractivity contribution in [1.29, 1.82) is 0 Å². The highest BCUT2D eigenvalue weighted by Crippen LogP contribution is 2.36. The van der Waals surface area contributed by atoms with Gasteiger partial charge in [0.1, 0.15) is 5.82 Å². The minimum atomic E-state index is -0.411. The zero-order chi connectivity index (χ0) is 14.5. The predicted molar refractivity (Wildman–Crippen MR) is 79.4 cm³/mol. The van der Waals surface area contributed by atoms with Gasteiger partial charge in [0, 0.05) is 23.2 Å². The smallest absolute Gasteiger partial charge is 0.399 e. The minimum absolute atomic E-state index is 0.356.